The number of hydrogen-bond acceptors (Lipinski definition) is 4. The summed E-state index contributed by atoms with van der Waals surface area (Å²) in [7, 11) is -3.41. The molecule has 1 fully saturated rings. The molecule has 21 heavy (non-hydrogen) atoms. The molecular weight excluding hydrogens is 312 g/mol. The Morgan fingerprint density at radius 1 is 1.33 bits per heavy atom. The second-order valence-corrected chi connectivity index (χ2v) is 6.88. The van der Waals surface area contributed by atoms with Crippen molar-refractivity contribution in [2.45, 2.75) is 31.2 Å². The maximum atomic E-state index is 12.6. The number of nitrogens with one attached hydrogen (secondary N) is 1. The van der Waals surface area contributed by atoms with E-state index in [0.29, 0.717) is 36.9 Å². The molecule has 1 aromatic rings. The molecule has 1 aliphatic rings. The molecule has 1 aliphatic heterocycles. The number of ether oxygens (including phenoxy) is 1. The number of benzene rings is 1. The smallest absolute Gasteiger partial charge is 0.243 e. The van der Waals surface area contributed by atoms with E-state index in [1.54, 1.807) is 28.6 Å². The molecular formula is C14H23ClN2O3S. The van der Waals surface area contributed by atoms with Crippen molar-refractivity contribution in [3.63, 3.8) is 0 Å². The number of piperazine rings is 1. The van der Waals surface area contributed by atoms with Gasteiger partial charge in [0, 0.05) is 25.7 Å². The molecule has 1 heterocycles. The minimum atomic E-state index is -3.41. The number of sulfonamides is 1. The summed E-state index contributed by atoms with van der Waals surface area (Å²) in [5.74, 6) is 0.708. The minimum absolute atomic E-state index is 0. The van der Waals surface area contributed by atoms with Gasteiger partial charge in [-0.3, -0.25) is 0 Å². The maximum Gasteiger partial charge on any atom is 0.243 e. The average molecular weight is 335 g/mol. The number of nitrogens with zero attached hydrogens (tertiary/aromatic N) is 1. The SMILES string of the molecule is CCCOc1ccc(S(=O)(=O)N2CCNC[C@@H]2C)cc1.Cl. The van der Waals surface area contributed by atoms with Crippen LogP contribution in [0.25, 0.3) is 0 Å². The summed E-state index contributed by atoms with van der Waals surface area (Å²) in [6.45, 7) is 6.49. The van der Waals surface area contributed by atoms with Crippen LogP contribution in [-0.2, 0) is 10.0 Å². The molecule has 0 radical (unpaired) electrons. The molecule has 0 spiro atoms. The van der Waals surface area contributed by atoms with Crippen molar-refractivity contribution in [3.05, 3.63) is 24.3 Å². The lowest BCUT2D eigenvalue weighted by Gasteiger charge is -2.32. The van der Waals surface area contributed by atoms with E-state index in [2.05, 4.69) is 5.32 Å². The topological polar surface area (TPSA) is 58.6 Å². The molecule has 0 saturated carbocycles. The molecule has 0 bridgehead atoms. The quantitative estimate of drug-likeness (QED) is 0.893. The van der Waals surface area contributed by atoms with Crippen LogP contribution in [0.5, 0.6) is 5.75 Å². The van der Waals surface area contributed by atoms with E-state index in [1.165, 1.54) is 0 Å². The first-order valence-corrected chi connectivity index (χ1v) is 8.45. The van der Waals surface area contributed by atoms with Crippen molar-refractivity contribution in [1.82, 2.24) is 9.62 Å². The molecule has 1 atom stereocenters. The molecule has 5 nitrogen and oxygen atoms in total. The van der Waals surface area contributed by atoms with Gasteiger partial charge in [-0.15, -0.1) is 12.4 Å². The predicted octanol–water partition coefficient (Wildman–Crippen LogP) is 1.88. The van der Waals surface area contributed by atoms with E-state index >= 15 is 0 Å². The van der Waals surface area contributed by atoms with Gasteiger partial charge in [0.1, 0.15) is 5.75 Å². The number of hydrogen-bond donors (Lipinski definition) is 1. The van der Waals surface area contributed by atoms with Gasteiger partial charge >= 0.3 is 0 Å². The maximum absolute atomic E-state index is 12.6. The van der Waals surface area contributed by atoms with Crippen LogP contribution >= 0.6 is 12.4 Å². The highest BCUT2D eigenvalue weighted by atomic mass is 35.5. The van der Waals surface area contributed by atoms with Crippen LogP contribution in [0.2, 0.25) is 0 Å². The Kier molecular flexibility index (Phi) is 6.93. The Morgan fingerprint density at radius 3 is 2.57 bits per heavy atom. The summed E-state index contributed by atoms with van der Waals surface area (Å²) in [5.41, 5.74) is 0. The van der Waals surface area contributed by atoms with E-state index in [9.17, 15) is 8.42 Å². The van der Waals surface area contributed by atoms with Crippen molar-refractivity contribution in [1.29, 1.82) is 0 Å². The summed E-state index contributed by atoms with van der Waals surface area (Å²) >= 11 is 0. The molecule has 7 heteroatoms. The molecule has 2 rings (SSSR count). The monoisotopic (exact) mass is 334 g/mol. The summed E-state index contributed by atoms with van der Waals surface area (Å²) in [6, 6.07) is 6.65. The lowest BCUT2D eigenvalue weighted by Crippen LogP contribution is -2.52. The Bertz CT molecular complexity index is 534. The lowest BCUT2D eigenvalue weighted by atomic mass is 10.3. The summed E-state index contributed by atoms with van der Waals surface area (Å²) in [4.78, 5) is 0.329. The molecule has 0 unspecified atom stereocenters. The van der Waals surface area contributed by atoms with Gasteiger partial charge in [0.05, 0.1) is 11.5 Å². The van der Waals surface area contributed by atoms with Crippen molar-refractivity contribution in [3.8, 4) is 5.75 Å². The van der Waals surface area contributed by atoms with E-state index in [1.807, 2.05) is 13.8 Å². The van der Waals surface area contributed by atoms with Crippen molar-refractivity contribution >= 4 is 22.4 Å². The minimum Gasteiger partial charge on any atom is -0.494 e. The van der Waals surface area contributed by atoms with Crippen molar-refractivity contribution < 1.29 is 13.2 Å². The fraction of sp³-hybridized carbons (Fsp3) is 0.571. The number of rotatable bonds is 5. The van der Waals surface area contributed by atoms with Crippen molar-refractivity contribution in [2.24, 2.45) is 0 Å². The highest BCUT2D eigenvalue weighted by molar-refractivity contribution is 7.89. The predicted molar refractivity (Wildman–Crippen MR) is 85.7 cm³/mol. The molecule has 1 saturated heterocycles. The normalized spacial score (nSPS) is 19.8. The molecule has 1 aromatic carbocycles. The second-order valence-electron chi connectivity index (χ2n) is 4.99. The first-order chi connectivity index (χ1) is 9.55. The summed E-state index contributed by atoms with van der Waals surface area (Å²) in [6.07, 6.45) is 0.929. The van der Waals surface area contributed by atoms with Crippen LogP contribution in [-0.4, -0.2) is 45.0 Å². The first kappa shape index (κ1) is 18.2. The van der Waals surface area contributed by atoms with E-state index in [-0.39, 0.29) is 18.4 Å². The van der Waals surface area contributed by atoms with E-state index in [4.69, 9.17) is 4.74 Å². The summed E-state index contributed by atoms with van der Waals surface area (Å²) < 4.78 is 32.2. The number of halogens is 1. The third kappa shape index (κ3) is 4.32. The lowest BCUT2D eigenvalue weighted by molar-refractivity contribution is 0.284. The zero-order valence-electron chi connectivity index (χ0n) is 12.4. The molecule has 120 valence electrons. The third-order valence-electron chi connectivity index (χ3n) is 3.34. The Morgan fingerprint density at radius 2 is 2.00 bits per heavy atom. The van der Waals surface area contributed by atoms with Gasteiger partial charge in [0.15, 0.2) is 0 Å². The molecule has 1 N–H and O–H groups in total. The van der Waals surface area contributed by atoms with Crippen LogP contribution in [0.3, 0.4) is 0 Å². The average Bonchev–Trinajstić information content (AvgIpc) is 2.46. The van der Waals surface area contributed by atoms with Crippen LogP contribution in [0, 0.1) is 0 Å². The molecule has 0 aromatic heterocycles. The van der Waals surface area contributed by atoms with E-state index < -0.39 is 10.0 Å². The van der Waals surface area contributed by atoms with Gasteiger partial charge in [-0.25, -0.2) is 8.42 Å². The fourth-order valence-electron chi connectivity index (χ4n) is 2.24. The van der Waals surface area contributed by atoms with Gasteiger partial charge in [-0.2, -0.15) is 4.31 Å². The van der Waals surface area contributed by atoms with Crippen molar-refractivity contribution in [2.75, 3.05) is 26.2 Å². The van der Waals surface area contributed by atoms with Gasteiger partial charge in [-0.05, 0) is 37.6 Å². The zero-order chi connectivity index (χ0) is 14.6. The Hall–Kier alpha value is -0.820. The highest BCUT2D eigenvalue weighted by Gasteiger charge is 2.30. The van der Waals surface area contributed by atoms with Crippen LogP contribution in [0.4, 0.5) is 0 Å². The fourth-order valence-corrected chi connectivity index (χ4v) is 3.87. The van der Waals surface area contributed by atoms with Crippen LogP contribution in [0.1, 0.15) is 20.3 Å². The summed E-state index contributed by atoms with van der Waals surface area (Å²) in [5, 5.41) is 3.19. The van der Waals surface area contributed by atoms with Crippen LogP contribution < -0.4 is 10.1 Å². The van der Waals surface area contributed by atoms with Gasteiger partial charge < -0.3 is 10.1 Å². The standard InChI is InChI=1S/C14H22N2O3S.ClH/c1-3-10-19-13-4-6-14(7-5-13)20(17,18)16-9-8-15-11-12(16)2;/h4-7,12,15H,3,8-11H2,1-2H3;1H/t12-;/m0./s1. The third-order valence-corrected chi connectivity index (χ3v) is 5.37. The van der Waals surface area contributed by atoms with Crippen LogP contribution in [0.15, 0.2) is 29.2 Å². The largest absolute Gasteiger partial charge is 0.494 e. The second kappa shape index (κ2) is 7.98. The Labute approximate surface area is 133 Å². The molecule has 0 amide bonds. The van der Waals surface area contributed by atoms with E-state index in [0.717, 1.165) is 6.42 Å². The molecule has 0 aliphatic carbocycles. The Balaban J connectivity index is 0.00000220. The van der Waals surface area contributed by atoms with Gasteiger partial charge in [0.25, 0.3) is 0 Å². The highest BCUT2D eigenvalue weighted by Crippen LogP contribution is 2.22. The zero-order valence-corrected chi connectivity index (χ0v) is 14.0. The van der Waals surface area contributed by atoms with Gasteiger partial charge in [-0.1, -0.05) is 6.92 Å². The van der Waals surface area contributed by atoms with Gasteiger partial charge in [0.2, 0.25) is 10.0 Å². The first-order valence-electron chi connectivity index (χ1n) is 7.01.